The molecule has 4 nitrogen and oxygen atoms in total. The van der Waals surface area contributed by atoms with E-state index in [-0.39, 0.29) is 16.7 Å². The molecule has 0 fully saturated rings. The van der Waals surface area contributed by atoms with Gasteiger partial charge in [-0.2, -0.15) is 23.1 Å². The quantitative estimate of drug-likeness (QED) is 0.424. The van der Waals surface area contributed by atoms with Crippen LogP contribution in [0.5, 0.6) is 5.88 Å². The smallest absolute Gasteiger partial charge is 0.422 e. The van der Waals surface area contributed by atoms with Crippen LogP contribution in [-0.4, -0.2) is 29.0 Å². The molecule has 3 rings (SSSR count). The van der Waals surface area contributed by atoms with Gasteiger partial charge in [0.05, 0.1) is 0 Å². The van der Waals surface area contributed by atoms with E-state index in [2.05, 4.69) is 25.9 Å². The monoisotopic (exact) mass is 418 g/mol. The summed E-state index contributed by atoms with van der Waals surface area (Å²) < 4.78 is 48.5. The SMILES string of the molecule is CSc1nc(OCC(F)(F)F)c2c(-c3ccccc3)c(Br)oc2n1. The molecule has 126 valence electrons. The Morgan fingerprint density at radius 3 is 2.54 bits per heavy atom. The normalized spacial score (nSPS) is 11.9. The summed E-state index contributed by atoms with van der Waals surface area (Å²) in [6.07, 6.45) is -2.75. The molecular formula is C15H10BrF3N2O2S. The molecule has 2 heterocycles. The third kappa shape index (κ3) is 3.51. The minimum atomic E-state index is -4.47. The molecule has 3 aromatic rings. The van der Waals surface area contributed by atoms with E-state index in [4.69, 9.17) is 9.15 Å². The lowest BCUT2D eigenvalue weighted by atomic mass is 10.1. The Bertz CT molecular complexity index is 869. The third-order valence-electron chi connectivity index (χ3n) is 3.07. The molecule has 0 aliphatic carbocycles. The van der Waals surface area contributed by atoms with Gasteiger partial charge in [0.25, 0.3) is 0 Å². The molecule has 0 atom stereocenters. The van der Waals surface area contributed by atoms with Gasteiger partial charge in [-0.15, -0.1) is 0 Å². The fraction of sp³-hybridized carbons (Fsp3) is 0.200. The highest BCUT2D eigenvalue weighted by Gasteiger charge is 2.30. The lowest BCUT2D eigenvalue weighted by Gasteiger charge is -2.10. The van der Waals surface area contributed by atoms with Crippen LogP contribution in [0.4, 0.5) is 13.2 Å². The lowest BCUT2D eigenvalue weighted by molar-refractivity contribution is -0.153. The van der Waals surface area contributed by atoms with E-state index >= 15 is 0 Å². The molecule has 9 heteroatoms. The van der Waals surface area contributed by atoms with Crippen LogP contribution in [0.1, 0.15) is 0 Å². The van der Waals surface area contributed by atoms with Crippen molar-refractivity contribution in [2.75, 3.05) is 12.9 Å². The highest BCUT2D eigenvalue weighted by molar-refractivity contribution is 9.10. The number of furan rings is 1. The van der Waals surface area contributed by atoms with Crippen LogP contribution >= 0.6 is 27.7 Å². The van der Waals surface area contributed by atoms with Gasteiger partial charge in [-0.1, -0.05) is 42.1 Å². The van der Waals surface area contributed by atoms with E-state index in [0.29, 0.717) is 15.6 Å². The van der Waals surface area contributed by atoms with Crippen molar-refractivity contribution in [1.29, 1.82) is 0 Å². The van der Waals surface area contributed by atoms with Gasteiger partial charge in [-0.05, 0) is 27.7 Å². The Morgan fingerprint density at radius 2 is 1.92 bits per heavy atom. The fourth-order valence-corrected chi connectivity index (χ4v) is 3.06. The molecule has 0 bridgehead atoms. The molecule has 0 saturated carbocycles. The summed E-state index contributed by atoms with van der Waals surface area (Å²) >= 11 is 4.48. The Labute approximate surface area is 147 Å². The Morgan fingerprint density at radius 1 is 1.21 bits per heavy atom. The van der Waals surface area contributed by atoms with Crippen molar-refractivity contribution < 1.29 is 22.3 Å². The number of aromatic nitrogens is 2. The first-order valence-corrected chi connectivity index (χ1v) is 8.70. The maximum Gasteiger partial charge on any atom is 0.422 e. The van der Waals surface area contributed by atoms with Crippen molar-refractivity contribution in [3.8, 4) is 17.0 Å². The summed E-state index contributed by atoms with van der Waals surface area (Å²) in [5.74, 6) is -0.157. The molecule has 2 aromatic heterocycles. The molecule has 0 amide bonds. The molecule has 0 spiro atoms. The van der Waals surface area contributed by atoms with Crippen molar-refractivity contribution >= 4 is 38.8 Å². The van der Waals surface area contributed by atoms with Crippen molar-refractivity contribution in [2.24, 2.45) is 0 Å². The maximum absolute atomic E-state index is 12.5. The number of alkyl halides is 3. The molecule has 0 radical (unpaired) electrons. The van der Waals surface area contributed by atoms with Crippen molar-refractivity contribution in [3.63, 3.8) is 0 Å². The van der Waals surface area contributed by atoms with Crippen LogP contribution < -0.4 is 4.74 Å². The van der Waals surface area contributed by atoms with Crippen molar-refractivity contribution in [3.05, 3.63) is 35.0 Å². The van der Waals surface area contributed by atoms with Crippen LogP contribution in [0.2, 0.25) is 0 Å². The van der Waals surface area contributed by atoms with Crippen molar-refractivity contribution in [1.82, 2.24) is 9.97 Å². The number of hydrogen-bond donors (Lipinski definition) is 0. The van der Waals surface area contributed by atoms with E-state index in [9.17, 15) is 13.2 Å². The largest absolute Gasteiger partial charge is 0.467 e. The average Bonchev–Trinajstić information content (AvgIpc) is 2.88. The summed E-state index contributed by atoms with van der Waals surface area (Å²) in [6.45, 7) is -1.44. The van der Waals surface area contributed by atoms with Crippen LogP contribution in [-0.2, 0) is 0 Å². The first-order valence-electron chi connectivity index (χ1n) is 6.68. The zero-order valence-corrected chi connectivity index (χ0v) is 14.6. The highest BCUT2D eigenvalue weighted by atomic mass is 79.9. The number of thioether (sulfide) groups is 1. The number of nitrogens with zero attached hydrogens (tertiary/aromatic N) is 2. The number of halogens is 4. The summed E-state index contributed by atoms with van der Waals surface area (Å²) in [4.78, 5) is 8.27. The summed E-state index contributed by atoms with van der Waals surface area (Å²) in [6, 6.07) is 9.08. The minimum Gasteiger partial charge on any atom is -0.467 e. The van der Waals surface area contributed by atoms with Gasteiger partial charge < -0.3 is 9.15 Å². The number of benzene rings is 1. The second-order valence-corrected chi connectivity index (χ2v) is 6.21. The first-order chi connectivity index (χ1) is 11.4. The maximum atomic E-state index is 12.5. The van der Waals surface area contributed by atoms with E-state index in [0.717, 1.165) is 5.56 Å². The molecule has 0 unspecified atom stereocenters. The first kappa shape index (κ1) is 17.1. The van der Waals surface area contributed by atoms with Gasteiger partial charge in [-0.25, -0.2) is 0 Å². The Kier molecular flexibility index (Phi) is 4.73. The molecule has 0 N–H and O–H groups in total. The predicted molar refractivity (Wildman–Crippen MR) is 88.3 cm³/mol. The van der Waals surface area contributed by atoms with Gasteiger partial charge in [-0.3, -0.25) is 0 Å². The number of ether oxygens (including phenoxy) is 1. The number of fused-ring (bicyclic) bond motifs is 1. The van der Waals surface area contributed by atoms with Crippen LogP contribution in [0.25, 0.3) is 22.2 Å². The van der Waals surface area contributed by atoms with Gasteiger partial charge in [0.15, 0.2) is 16.4 Å². The van der Waals surface area contributed by atoms with Gasteiger partial charge >= 0.3 is 6.18 Å². The molecular weight excluding hydrogens is 409 g/mol. The minimum absolute atomic E-state index is 0.157. The van der Waals surface area contributed by atoms with Crippen LogP contribution in [0.15, 0.2) is 44.6 Å². The van der Waals surface area contributed by atoms with Gasteiger partial charge in [0.2, 0.25) is 11.6 Å². The standard InChI is InChI=1S/C15H10BrF3N2O2S/c1-24-14-20-12(22-7-15(17,18)19)10-9(8-5-3-2-4-6-8)11(16)23-13(10)21-14/h2-6H,7H2,1H3. The molecule has 1 aromatic carbocycles. The average molecular weight is 419 g/mol. The fourth-order valence-electron chi connectivity index (χ4n) is 2.13. The van der Waals surface area contributed by atoms with E-state index in [1.54, 1.807) is 6.26 Å². The number of rotatable bonds is 4. The lowest BCUT2D eigenvalue weighted by Crippen LogP contribution is -2.20. The highest BCUT2D eigenvalue weighted by Crippen LogP contribution is 2.42. The molecule has 0 saturated heterocycles. The number of hydrogen-bond acceptors (Lipinski definition) is 5. The summed E-state index contributed by atoms with van der Waals surface area (Å²) in [7, 11) is 0. The second kappa shape index (κ2) is 6.64. The van der Waals surface area contributed by atoms with E-state index < -0.39 is 12.8 Å². The predicted octanol–water partition coefficient (Wildman–Crippen LogP) is 5.32. The topological polar surface area (TPSA) is 48.2 Å². The molecule has 0 aliphatic heterocycles. The van der Waals surface area contributed by atoms with Crippen molar-refractivity contribution in [2.45, 2.75) is 11.3 Å². The Hall–Kier alpha value is -1.74. The second-order valence-electron chi connectivity index (χ2n) is 4.72. The molecule has 24 heavy (non-hydrogen) atoms. The van der Waals surface area contributed by atoms with Crippen LogP contribution in [0.3, 0.4) is 0 Å². The van der Waals surface area contributed by atoms with Gasteiger partial charge in [0, 0.05) is 5.56 Å². The third-order valence-corrected chi connectivity index (χ3v) is 4.18. The molecule has 0 aliphatic rings. The summed E-state index contributed by atoms with van der Waals surface area (Å²) in [5, 5.41) is 0.565. The van der Waals surface area contributed by atoms with E-state index in [1.165, 1.54) is 11.8 Å². The zero-order valence-electron chi connectivity index (χ0n) is 12.2. The zero-order chi connectivity index (χ0) is 17.3. The summed E-state index contributed by atoms with van der Waals surface area (Å²) in [5.41, 5.74) is 1.47. The van der Waals surface area contributed by atoms with Crippen LogP contribution in [0, 0.1) is 0 Å². The van der Waals surface area contributed by atoms with E-state index in [1.807, 2.05) is 30.3 Å². The van der Waals surface area contributed by atoms with Gasteiger partial charge in [0.1, 0.15) is 5.39 Å². The Balaban J connectivity index is 2.20.